The van der Waals surface area contributed by atoms with E-state index in [2.05, 4.69) is 15.6 Å². The molecule has 0 unspecified atom stereocenters. The molecule has 0 aromatic heterocycles. The summed E-state index contributed by atoms with van der Waals surface area (Å²) in [5, 5.41) is 7.98. The maximum atomic E-state index is 4.37. The molecule has 0 saturated carbocycles. The summed E-state index contributed by atoms with van der Waals surface area (Å²) in [6.45, 7) is 4.49. The minimum absolute atomic E-state index is 0.852. The topological polar surface area (TPSA) is 36.4 Å². The van der Waals surface area contributed by atoms with Crippen LogP contribution in [0.2, 0.25) is 0 Å². The maximum Gasteiger partial charge on any atom is 0.156 e. The van der Waals surface area contributed by atoms with Gasteiger partial charge >= 0.3 is 0 Å². The van der Waals surface area contributed by atoms with Gasteiger partial charge in [-0.15, -0.1) is 0 Å². The Kier molecular flexibility index (Phi) is 3.49. The van der Waals surface area contributed by atoms with E-state index >= 15 is 0 Å². The molecule has 13 heavy (non-hydrogen) atoms. The van der Waals surface area contributed by atoms with Crippen molar-refractivity contribution in [3.8, 4) is 0 Å². The van der Waals surface area contributed by atoms with Crippen molar-refractivity contribution < 1.29 is 0 Å². The molecule has 2 aliphatic rings. The van der Waals surface area contributed by atoms with Gasteiger partial charge in [0, 0.05) is 12.3 Å². The average Bonchev–Trinajstić information content (AvgIpc) is 2.69. The Morgan fingerprint density at radius 3 is 3.00 bits per heavy atom. The Balaban J connectivity index is 1.66. The summed E-state index contributed by atoms with van der Waals surface area (Å²) < 4.78 is 0. The number of hydrogen-bond acceptors (Lipinski definition) is 4. The highest BCUT2D eigenvalue weighted by atomic mass is 32.2. The molecule has 2 aliphatic heterocycles. The lowest BCUT2D eigenvalue weighted by molar-refractivity contribution is 0.373. The van der Waals surface area contributed by atoms with Gasteiger partial charge in [0.2, 0.25) is 0 Å². The molecule has 0 bridgehead atoms. The van der Waals surface area contributed by atoms with Crippen molar-refractivity contribution in [1.82, 2.24) is 10.6 Å². The van der Waals surface area contributed by atoms with E-state index in [0.717, 1.165) is 24.8 Å². The molecule has 3 nitrogen and oxygen atoms in total. The average molecular weight is 199 g/mol. The SMILES string of the molecule is C1CSC(NCC2CCNCC2)=N1. The molecule has 0 amide bonds. The van der Waals surface area contributed by atoms with Crippen molar-refractivity contribution in [3.05, 3.63) is 0 Å². The first-order valence-electron chi connectivity index (χ1n) is 5.07. The van der Waals surface area contributed by atoms with Crippen LogP contribution in [0.3, 0.4) is 0 Å². The molecule has 2 heterocycles. The van der Waals surface area contributed by atoms with Crippen molar-refractivity contribution in [1.29, 1.82) is 0 Å². The predicted molar refractivity (Wildman–Crippen MR) is 58.4 cm³/mol. The lowest BCUT2D eigenvalue weighted by atomic mass is 9.98. The van der Waals surface area contributed by atoms with E-state index in [-0.39, 0.29) is 0 Å². The summed E-state index contributed by atoms with van der Waals surface area (Å²) in [5.41, 5.74) is 0. The first-order valence-corrected chi connectivity index (χ1v) is 6.05. The van der Waals surface area contributed by atoms with Gasteiger partial charge in [-0.3, -0.25) is 4.99 Å². The van der Waals surface area contributed by atoms with Gasteiger partial charge in [-0.05, 0) is 31.8 Å². The fourth-order valence-electron chi connectivity index (χ4n) is 1.76. The second-order valence-corrected chi connectivity index (χ2v) is 4.69. The molecule has 2 rings (SSSR count). The van der Waals surface area contributed by atoms with Crippen molar-refractivity contribution in [2.75, 3.05) is 31.9 Å². The molecule has 0 spiro atoms. The molecular formula is C9H17N3S. The zero-order valence-electron chi connectivity index (χ0n) is 7.88. The van der Waals surface area contributed by atoms with Gasteiger partial charge in [0.1, 0.15) is 0 Å². The number of piperidine rings is 1. The summed E-state index contributed by atoms with van der Waals surface area (Å²) >= 11 is 1.85. The molecule has 0 atom stereocenters. The number of nitrogens with one attached hydrogen (secondary N) is 2. The molecular weight excluding hydrogens is 182 g/mol. The Morgan fingerprint density at radius 1 is 1.46 bits per heavy atom. The third-order valence-electron chi connectivity index (χ3n) is 2.59. The molecule has 2 N–H and O–H groups in total. The minimum Gasteiger partial charge on any atom is -0.365 e. The normalized spacial score (nSPS) is 24.5. The number of nitrogens with zero attached hydrogens (tertiary/aromatic N) is 1. The predicted octanol–water partition coefficient (Wildman–Crippen LogP) is 0.678. The number of thioether (sulfide) groups is 1. The summed E-state index contributed by atoms with van der Waals surface area (Å²) in [4.78, 5) is 4.37. The highest BCUT2D eigenvalue weighted by Gasteiger charge is 2.14. The van der Waals surface area contributed by atoms with Crippen LogP contribution in [0.15, 0.2) is 4.99 Å². The quantitative estimate of drug-likeness (QED) is 0.686. The van der Waals surface area contributed by atoms with Crippen LogP contribution in [-0.2, 0) is 0 Å². The molecule has 0 aliphatic carbocycles. The zero-order chi connectivity index (χ0) is 8.93. The van der Waals surface area contributed by atoms with Crippen LogP contribution in [0.4, 0.5) is 0 Å². The van der Waals surface area contributed by atoms with Crippen LogP contribution in [0.25, 0.3) is 0 Å². The van der Waals surface area contributed by atoms with Crippen molar-refractivity contribution in [3.63, 3.8) is 0 Å². The highest BCUT2D eigenvalue weighted by Crippen LogP contribution is 2.13. The summed E-state index contributed by atoms with van der Waals surface area (Å²) in [6.07, 6.45) is 2.62. The second-order valence-electron chi connectivity index (χ2n) is 3.61. The van der Waals surface area contributed by atoms with Gasteiger partial charge < -0.3 is 10.6 Å². The lowest BCUT2D eigenvalue weighted by Gasteiger charge is -2.22. The molecule has 0 aromatic carbocycles. The van der Waals surface area contributed by atoms with Gasteiger partial charge in [-0.25, -0.2) is 0 Å². The fraction of sp³-hybridized carbons (Fsp3) is 0.889. The van der Waals surface area contributed by atoms with E-state index < -0.39 is 0 Å². The summed E-state index contributed by atoms with van der Waals surface area (Å²) in [5.74, 6) is 2.01. The van der Waals surface area contributed by atoms with E-state index in [9.17, 15) is 0 Å². The van der Waals surface area contributed by atoms with Crippen LogP contribution < -0.4 is 10.6 Å². The van der Waals surface area contributed by atoms with Gasteiger partial charge in [-0.2, -0.15) is 0 Å². The first kappa shape index (κ1) is 9.34. The standard InChI is InChI=1S/C9H17N3S/c1-3-10-4-2-8(1)7-12-9-11-5-6-13-9/h8,10H,1-7H2,(H,11,12). The number of amidine groups is 1. The van der Waals surface area contributed by atoms with Crippen LogP contribution >= 0.6 is 11.8 Å². The van der Waals surface area contributed by atoms with E-state index in [1.54, 1.807) is 0 Å². The Bertz CT molecular complexity index is 187. The fourth-order valence-corrected chi connectivity index (χ4v) is 2.50. The Morgan fingerprint density at radius 2 is 2.31 bits per heavy atom. The van der Waals surface area contributed by atoms with Gasteiger partial charge in [0.05, 0.1) is 6.54 Å². The summed E-state index contributed by atoms with van der Waals surface area (Å²) in [6, 6.07) is 0. The Hall–Kier alpha value is -0.220. The molecule has 0 aromatic rings. The van der Waals surface area contributed by atoms with Gasteiger partial charge in [0.25, 0.3) is 0 Å². The van der Waals surface area contributed by atoms with Crippen LogP contribution in [0, 0.1) is 5.92 Å². The molecule has 0 radical (unpaired) electrons. The second kappa shape index (κ2) is 4.86. The third kappa shape index (κ3) is 2.88. The van der Waals surface area contributed by atoms with Crippen LogP contribution in [0.1, 0.15) is 12.8 Å². The van der Waals surface area contributed by atoms with E-state index in [4.69, 9.17) is 0 Å². The smallest absolute Gasteiger partial charge is 0.156 e. The van der Waals surface area contributed by atoms with Gasteiger partial charge in [-0.1, -0.05) is 11.8 Å². The van der Waals surface area contributed by atoms with Gasteiger partial charge in [0.15, 0.2) is 5.17 Å². The monoisotopic (exact) mass is 199 g/mol. The zero-order valence-corrected chi connectivity index (χ0v) is 8.70. The summed E-state index contributed by atoms with van der Waals surface area (Å²) in [7, 11) is 0. The molecule has 1 saturated heterocycles. The number of rotatable bonds is 2. The Labute approximate surface area is 83.8 Å². The first-order chi connectivity index (χ1) is 6.45. The van der Waals surface area contributed by atoms with Crippen molar-refractivity contribution in [2.45, 2.75) is 12.8 Å². The number of aliphatic imine (C=N–C) groups is 1. The van der Waals surface area contributed by atoms with Crippen molar-refractivity contribution in [2.24, 2.45) is 10.9 Å². The highest BCUT2D eigenvalue weighted by molar-refractivity contribution is 8.14. The lowest BCUT2D eigenvalue weighted by Crippen LogP contribution is -2.34. The molecule has 74 valence electrons. The van der Waals surface area contributed by atoms with Crippen molar-refractivity contribution >= 4 is 16.9 Å². The molecule has 4 heteroatoms. The third-order valence-corrected chi connectivity index (χ3v) is 3.52. The van der Waals surface area contributed by atoms with E-state index in [1.165, 1.54) is 31.1 Å². The minimum atomic E-state index is 0.852. The maximum absolute atomic E-state index is 4.37. The van der Waals surface area contributed by atoms with Crippen LogP contribution in [-0.4, -0.2) is 37.1 Å². The largest absolute Gasteiger partial charge is 0.365 e. The van der Waals surface area contributed by atoms with E-state index in [1.807, 2.05) is 11.8 Å². The molecule has 1 fully saturated rings. The van der Waals surface area contributed by atoms with E-state index in [0.29, 0.717) is 0 Å². The number of hydrogen-bond donors (Lipinski definition) is 2. The van der Waals surface area contributed by atoms with Crippen LogP contribution in [0.5, 0.6) is 0 Å².